The van der Waals surface area contributed by atoms with E-state index in [-0.39, 0.29) is 0 Å². The molecule has 2 aromatic heterocycles. The summed E-state index contributed by atoms with van der Waals surface area (Å²) >= 11 is 0. The third kappa shape index (κ3) is 4.23. The van der Waals surface area contributed by atoms with E-state index in [0.29, 0.717) is 0 Å². The van der Waals surface area contributed by atoms with E-state index >= 15 is 0 Å². The van der Waals surface area contributed by atoms with Gasteiger partial charge in [0, 0.05) is 43.2 Å². The Kier molecular flexibility index (Phi) is 6.00. The van der Waals surface area contributed by atoms with Crippen LogP contribution in [0.1, 0.15) is 18.4 Å². The minimum absolute atomic E-state index is 1.03. The summed E-state index contributed by atoms with van der Waals surface area (Å²) in [7, 11) is 1.08. The maximum atomic E-state index is 2.50. The maximum Gasteiger partial charge on any atom is 0.0541 e. The molecule has 0 unspecified atom stereocenters. The van der Waals surface area contributed by atoms with E-state index < -0.39 is 0 Å². The Bertz CT molecular complexity index is 2470. The molecule has 0 saturated heterocycles. The van der Waals surface area contributed by atoms with Crippen LogP contribution in [0.4, 0.5) is 0 Å². The first-order chi connectivity index (χ1) is 22.2. The fraction of sp³-hybridized carbons (Fsp3) is 0.0476. The van der Waals surface area contributed by atoms with Gasteiger partial charge in [-0.25, -0.2) is 0 Å². The number of hydrogen-bond donors (Lipinski definition) is 0. The van der Waals surface area contributed by atoms with Gasteiger partial charge in [-0.15, -0.1) is 0 Å². The minimum Gasteiger partial charge on any atom is -0.313 e. The Labute approximate surface area is 265 Å². The molecule has 0 bridgehead atoms. The van der Waals surface area contributed by atoms with Gasteiger partial charge in [-0.2, -0.15) is 0 Å². The highest BCUT2D eigenvalue weighted by Crippen LogP contribution is 2.39. The van der Waals surface area contributed by atoms with Crippen LogP contribution in [0.2, 0.25) is 0 Å². The second-order valence-electron chi connectivity index (χ2n) is 12.2. The molecule has 0 fully saturated rings. The number of fused-ring (bicyclic) bond motifs is 6. The molecule has 214 valence electrons. The van der Waals surface area contributed by atoms with E-state index in [1.54, 1.807) is 0 Å². The molecular weight excluding hydrogens is 561 g/mol. The highest BCUT2D eigenvalue weighted by molar-refractivity contribution is 6.32. The lowest BCUT2D eigenvalue weighted by Gasteiger charge is -2.18. The van der Waals surface area contributed by atoms with Gasteiger partial charge in [0.05, 0.1) is 22.1 Å². The normalized spacial score (nSPS) is 13.6. The Hall–Kier alpha value is -5.38. The highest BCUT2D eigenvalue weighted by atomic mass is 28.1. The first-order valence-electron chi connectivity index (χ1n) is 15.8. The van der Waals surface area contributed by atoms with Crippen molar-refractivity contribution in [2.45, 2.75) is 12.8 Å². The molecule has 0 spiro atoms. The van der Waals surface area contributed by atoms with Crippen molar-refractivity contribution in [2.75, 3.05) is 0 Å². The molecule has 9 rings (SSSR count). The maximum absolute atomic E-state index is 2.50. The van der Waals surface area contributed by atoms with Crippen LogP contribution in [-0.4, -0.2) is 19.4 Å². The van der Waals surface area contributed by atoms with Crippen molar-refractivity contribution >= 4 is 70.3 Å². The first kappa shape index (κ1) is 26.1. The molecule has 0 atom stereocenters. The third-order valence-electron chi connectivity index (χ3n) is 9.45. The fourth-order valence-electron chi connectivity index (χ4n) is 7.28. The number of para-hydroxylation sites is 3. The van der Waals surface area contributed by atoms with Crippen LogP contribution in [0.15, 0.2) is 152 Å². The van der Waals surface area contributed by atoms with Crippen molar-refractivity contribution in [1.29, 1.82) is 0 Å². The lowest BCUT2D eigenvalue weighted by atomic mass is 9.97. The highest BCUT2D eigenvalue weighted by Gasteiger charge is 2.18. The molecule has 8 aromatic rings. The van der Waals surface area contributed by atoms with Gasteiger partial charge in [-0.05, 0) is 89.7 Å². The number of benzene rings is 6. The lowest BCUT2D eigenvalue weighted by Crippen LogP contribution is -2.03. The van der Waals surface area contributed by atoms with Crippen LogP contribution < -0.4 is 5.19 Å². The summed E-state index contributed by atoms with van der Waals surface area (Å²) in [5.41, 5.74) is 12.6. The number of nitrogens with zero attached hydrogens (tertiary/aromatic N) is 2. The predicted octanol–water partition coefficient (Wildman–Crippen LogP) is 9.27. The van der Waals surface area contributed by atoms with Crippen molar-refractivity contribution < 1.29 is 0 Å². The fourth-order valence-corrected chi connectivity index (χ4v) is 7.61. The smallest absolute Gasteiger partial charge is 0.0541 e. The van der Waals surface area contributed by atoms with Crippen molar-refractivity contribution in [3.63, 3.8) is 0 Å². The molecule has 3 heteroatoms. The zero-order valence-corrected chi connectivity index (χ0v) is 27.2. The molecular formula is C42H32N2Si. The molecule has 1 aliphatic rings. The molecule has 0 saturated carbocycles. The van der Waals surface area contributed by atoms with Gasteiger partial charge in [-0.1, -0.05) is 102 Å². The van der Waals surface area contributed by atoms with Crippen molar-refractivity contribution in [3.05, 3.63) is 157 Å². The Morgan fingerprint density at radius 1 is 0.467 bits per heavy atom. The summed E-state index contributed by atoms with van der Waals surface area (Å²) in [5, 5.41) is 6.58. The molecule has 45 heavy (non-hydrogen) atoms. The molecule has 2 heterocycles. The Morgan fingerprint density at radius 3 is 1.67 bits per heavy atom. The standard InChI is InChI=1S/C42H32N2Si/c45-34-21-17-28(18-22-34)29-9-8-12-33(25-29)44-40-16-7-5-14-36(40)38-27-31(20-24-42(38)44)30-19-23-41-37(26-30)35-13-4-6-15-39(35)43(41)32-10-2-1-3-11-32/h1-7,9-11,13-27H,8,12H2,45H3. The predicted molar refractivity (Wildman–Crippen MR) is 197 cm³/mol. The second kappa shape index (κ2) is 10.4. The zero-order chi connectivity index (χ0) is 29.9. The van der Waals surface area contributed by atoms with E-state index in [9.17, 15) is 0 Å². The van der Waals surface area contributed by atoms with Gasteiger partial charge < -0.3 is 9.13 Å². The third-order valence-corrected chi connectivity index (χ3v) is 10.1. The topological polar surface area (TPSA) is 9.86 Å². The van der Waals surface area contributed by atoms with E-state index in [4.69, 9.17) is 0 Å². The SMILES string of the molecule is [SiH3]c1ccc(C2=CCCC(n3c4ccccc4c4cc(-c5ccc6c(c5)c5ccccc5n6-c5ccccc5)ccc43)=C2)cc1. The molecule has 0 amide bonds. The van der Waals surface area contributed by atoms with Gasteiger partial charge in [0.1, 0.15) is 0 Å². The average molecular weight is 593 g/mol. The molecule has 0 radical (unpaired) electrons. The second-order valence-corrected chi connectivity index (χ2v) is 13.4. The van der Waals surface area contributed by atoms with Crippen LogP contribution in [0.3, 0.4) is 0 Å². The first-order valence-corrected chi connectivity index (χ1v) is 16.8. The van der Waals surface area contributed by atoms with Gasteiger partial charge >= 0.3 is 0 Å². The Morgan fingerprint density at radius 2 is 1.00 bits per heavy atom. The van der Waals surface area contributed by atoms with Crippen LogP contribution in [0.5, 0.6) is 0 Å². The Balaban J connectivity index is 1.20. The number of allylic oxidation sites excluding steroid dienone is 4. The van der Waals surface area contributed by atoms with Crippen molar-refractivity contribution in [2.24, 2.45) is 0 Å². The van der Waals surface area contributed by atoms with Crippen LogP contribution in [-0.2, 0) is 0 Å². The van der Waals surface area contributed by atoms with Crippen LogP contribution in [0, 0.1) is 0 Å². The van der Waals surface area contributed by atoms with E-state index in [1.807, 2.05) is 0 Å². The van der Waals surface area contributed by atoms with Crippen molar-refractivity contribution in [1.82, 2.24) is 9.13 Å². The number of rotatable bonds is 4. The average Bonchev–Trinajstić information content (AvgIpc) is 3.61. The molecule has 2 nitrogen and oxygen atoms in total. The van der Waals surface area contributed by atoms with Gasteiger partial charge in [0.15, 0.2) is 0 Å². The lowest BCUT2D eigenvalue weighted by molar-refractivity contribution is 0.983. The van der Waals surface area contributed by atoms with E-state index in [1.165, 1.54) is 82.4 Å². The van der Waals surface area contributed by atoms with Crippen LogP contribution >= 0.6 is 0 Å². The van der Waals surface area contributed by atoms with Gasteiger partial charge in [0.25, 0.3) is 0 Å². The summed E-state index contributed by atoms with van der Waals surface area (Å²) in [6, 6.07) is 51.4. The summed E-state index contributed by atoms with van der Waals surface area (Å²) in [6.07, 6.45) is 6.87. The summed E-state index contributed by atoms with van der Waals surface area (Å²) in [6.45, 7) is 0. The minimum atomic E-state index is 1.03. The molecule has 0 N–H and O–H groups in total. The summed E-state index contributed by atoms with van der Waals surface area (Å²) in [4.78, 5) is 0. The van der Waals surface area contributed by atoms with Crippen LogP contribution in [0.25, 0.3) is 71.7 Å². The molecule has 1 aliphatic carbocycles. The summed E-state index contributed by atoms with van der Waals surface area (Å²) < 4.78 is 4.88. The summed E-state index contributed by atoms with van der Waals surface area (Å²) in [5.74, 6) is 0. The van der Waals surface area contributed by atoms with Gasteiger partial charge in [0.2, 0.25) is 0 Å². The largest absolute Gasteiger partial charge is 0.313 e. The van der Waals surface area contributed by atoms with Gasteiger partial charge in [-0.3, -0.25) is 0 Å². The van der Waals surface area contributed by atoms with E-state index in [2.05, 4.69) is 161 Å². The zero-order valence-electron chi connectivity index (χ0n) is 25.2. The quantitative estimate of drug-likeness (QED) is 0.180. The molecule has 0 aliphatic heterocycles. The monoisotopic (exact) mass is 592 g/mol. The van der Waals surface area contributed by atoms with E-state index in [0.717, 1.165) is 23.1 Å². The molecule has 6 aromatic carbocycles. The van der Waals surface area contributed by atoms with Crippen molar-refractivity contribution in [3.8, 4) is 16.8 Å². The number of hydrogen-bond acceptors (Lipinski definition) is 0. The number of aromatic nitrogens is 2.